The van der Waals surface area contributed by atoms with Crippen LogP contribution in [0.4, 0.5) is 0 Å². The highest BCUT2D eigenvalue weighted by Gasteiger charge is 2.32. The summed E-state index contributed by atoms with van der Waals surface area (Å²) in [4.78, 5) is 43.9. The Morgan fingerprint density at radius 3 is 1.92 bits per heavy atom. The van der Waals surface area contributed by atoms with Crippen molar-refractivity contribution in [2.45, 2.75) is 0 Å². The molecule has 0 spiro atoms. The maximum Gasteiger partial charge on any atom is 0.312 e. The second kappa shape index (κ2) is 8.33. The van der Waals surface area contributed by atoms with Gasteiger partial charge < -0.3 is 24.2 Å². The van der Waals surface area contributed by atoms with Gasteiger partial charge in [0, 0.05) is 58.9 Å². The highest BCUT2D eigenvalue weighted by molar-refractivity contribution is 6.35. The fraction of sp³-hybridized carbons (Fsp3) is 0.588. The minimum absolute atomic E-state index is 0.0912. The van der Waals surface area contributed by atoms with Crippen molar-refractivity contribution < 1.29 is 23.9 Å². The van der Waals surface area contributed by atoms with E-state index in [-0.39, 0.29) is 18.3 Å². The van der Waals surface area contributed by atoms with E-state index in [1.54, 1.807) is 21.9 Å². The minimum atomic E-state index is -0.509. The van der Waals surface area contributed by atoms with E-state index in [4.69, 9.17) is 9.52 Å². The predicted octanol–water partition coefficient (Wildman–Crippen LogP) is -1.30. The Balaban J connectivity index is 1.47. The number of rotatable bonds is 3. The number of carbonyl (C=O) groups excluding carboxylic acids is 3. The lowest BCUT2D eigenvalue weighted by Crippen LogP contribution is -2.57. The molecular weight excluding hydrogens is 340 g/mol. The number of aliphatic hydroxyl groups is 1. The molecule has 9 heteroatoms. The Hall–Kier alpha value is -2.39. The Bertz CT molecular complexity index is 632. The fourth-order valence-corrected chi connectivity index (χ4v) is 3.26. The van der Waals surface area contributed by atoms with Crippen LogP contribution in [-0.2, 0) is 9.59 Å². The fourth-order valence-electron chi connectivity index (χ4n) is 3.26. The van der Waals surface area contributed by atoms with Crippen molar-refractivity contribution in [3.63, 3.8) is 0 Å². The summed E-state index contributed by atoms with van der Waals surface area (Å²) in [6.07, 6.45) is 1.45. The lowest BCUT2D eigenvalue weighted by Gasteiger charge is -2.37. The first-order valence-electron chi connectivity index (χ1n) is 8.84. The van der Waals surface area contributed by atoms with E-state index in [1.165, 1.54) is 11.2 Å². The number of hydrogen-bond donors (Lipinski definition) is 1. The molecule has 2 saturated heterocycles. The van der Waals surface area contributed by atoms with Crippen molar-refractivity contribution in [2.75, 3.05) is 65.5 Å². The van der Waals surface area contributed by atoms with E-state index in [0.717, 1.165) is 0 Å². The third-order valence-electron chi connectivity index (χ3n) is 4.84. The third kappa shape index (κ3) is 4.05. The molecule has 0 bridgehead atoms. The largest absolute Gasteiger partial charge is 0.459 e. The molecule has 0 saturated carbocycles. The van der Waals surface area contributed by atoms with Crippen molar-refractivity contribution in [1.29, 1.82) is 0 Å². The van der Waals surface area contributed by atoms with Crippen LogP contribution in [0.3, 0.4) is 0 Å². The third-order valence-corrected chi connectivity index (χ3v) is 4.84. The molecule has 0 aliphatic carbocycles. The molecule has 1 N–H and O–H groups in total. The van der Waals surface area contributed by atoms with Crippen LogP contribution in [0.15, 0.2) is 22.8 Å². The summed E-state index contributed by atoms with van der Waals surface area (Å²) in [5, 5.41) is 8.96. The molecule has 2 aliphatic rings. The van der Waals surface area contributed by atoms with E-state index in [1.807, 2.05) is 0 Å². The molecule has 3 amide bonds. The van der Waals surface area contributed by atoms with Gasteiger partial charge in [0.25, 0.3) is 5.91 Å². The molecular formula is C17H24N4O5. The molecule has 1 aromatic heterocycles. The van der Waals surface area contributed by atoms with Gasteiger partial charge in [-0.2, -0.15) is 0 Å². The topological polar surface area (TPSA) is 97.5 Å². The van der Waals surface area contributed by atoms with Crippen molar-refractivity contribution >= 4 is 17.7 Å². The zero-order valence-corrected chi connectivity index (χ0v) is 14.7. The average molecular weight is 364 g/mol. The lowest BCUT2D eigenvalue weighted by atomic mass is 10.2. The van der Waals surface area contributed by atoms with E-state index in [9.17, 15) is 14.4 Å². The Morgan fingerprint density at radius 1 is 0.885 bits per heavy atom. The van der Waals surface area contributed by atoms with Gasteiger partial charge in [0.05, 0.1) is 12.9 Å². The van der Waals surface area contributed by atoms with E-state index in [0.29, 0.717) is 58.9 Å². The zero-order valence-electron chi connectivity index (χ0n) is 14.7. The lowest BCUT2D eigenvalue weighted by molar-refractivity contribution is -0.153. The first-order chi connectivity index (χ1) is 12.6. The molecule has 0 atom stereocenters. The highest BCUT2D eigenvalue weighted by atomic mass is 16.3. The van der Waals surface area contributed by atoms with Crippen LogP contribution >= 0.6 is 0 Å². The highest BCUT2D eigenvalue weighted by Crippen LogP contribution is 2.11. The van der Waals surface area contributed by atoms with Crippen molar-refractivity contribution in [3.8, 4) is 0 Å². The van der Waals surface area contributed by atoms with Crippen molar-refractivity contribution in [1.82, 2.24) is 19.6 Å². The molecule has 2 aliphatic heterocycles. The van der Waals surface area contributed by atoms with Crippen LogP contribution < -0.4 is 0 Å². The summed E-state index contributed by atoms with van der Waals surface area (Å²) in [7, 11) is 0. The van der Waals surface area contributed by atoms with E-state index < -0.39 is 11.8 Å². The second-order valence-electron chi connectivity index (χ2n) is 6.42. The van der Waals surface area contributed by atoms with E-state index in [2.05, 4.69) is 4.90 Å². The van der Waals surface area contributed by atoms with Gasteiger partial charge in [0.1, 0.15) is 0 Å². The van der Waals surface area contributed by atoms with Gasteiger partial charge in [-0.15, -0.1) is 0 Å². The van der Waals surface area contributed by atoms with Crippen LogP contribution in [0.25, 0.3) is 0 Å². The Morgan fingerprint density at radius 2 is 1.42 bits per heavy atom. The first-order valence-corrected chi connectivity index (χ1v) is 8.84. The number of hydrogen-bond acceptors (Lipinski definition) is 6. The minimum Gasteiger partial charge on any atom is -0.459 e. The molecule has 3 heterocycles. The molecule has 0 unspecified atom stereocenters. The quantitative estimate of drug-likeness (QED) is 0.670. The van der Waals surface area contributed by atoms with Crippen LogP contribution in [0.1, 0.15) is 10.6 Å². The van der Waals surface area contributed by atoms with Crippen LogP contribution in [0, 0.1) is 0 Å². The van der Waals surface area contributed by atoms with Gasteiger partial charge in [-0.3, -0.25) is 19.3 Å². The summed E-state index contributed by atoms with van der Waals surface area (Å²) in [6, 6.07) is 3.27. The first kappa shape index (κ1) is 18.4. The monoisotopic (exact) mass is 364 g/mol. The predicted molar refractivity (Wildman–Crippen MR) is 91.3 cm³/mol. The maximum atomic E-state index is 12.5. The number of amides is 3. The Labute approximate surface area is 151 Å². The summed E-state index contributed by atoms with van der Waals surface area (Å²) >= 11 is 0. The number of carbonyl (C=O) groups is 3. The van der Waals surface area contributed by atoms with Gasteiger partial charge in [-0.05, 0) is 12.1 Å². The molecule has 9 nitrogen and oxygen atoms in total. The maximum absolute atomic E-state index is 12.5. The summed E-state index contributed by atoms with van der Waals surface area (Å²) in [5.41, 5.74) is 0. The number of aliphatic hydroxyl groups excluding tert-OH is 1. The van der Waals surface area contributed by atoms with Crippen LogP contribution in [0.5, 0.6) is 0 Å². The molecule has 26 heavy (non-hydrogen) atoms. The summed E-state index contributed by atoms with van der Waals surface area (Å²) < 4.78 is 5.11. The molecule has 0 aromatic carbocycles. The van der Waals surface area contributed by atoms with Crippen LogP contribution in [0.2, 0.25) is 0 Å². The average Bonchev–Trinajstić information content (AvgIpc) is 3.22. The summed E-state index contributed by atoms with van der Waals surface area (Å²) in [6.45, 7) is 4.39. The van der Waals surface area contributed by atoms with Gasteiger partial charge in [0.15, 0.2) is 5.76 Å². The van der Waals surface area contributed by atoms with Gasteiger partial charge in [-0.1, -0.05) is 0 Å². The standard InChI is InChI=1S/C17H24N4O5/c22-12-11-18-3-5-20(6-4-18)16(24)17(25)21-9-7-19(8-10-21)15(23)14-2-1-13-26-14/h1-2,13,22H,3-12H2. The van der Waals surface area contributed by atoms with Gasteiger partial charge in [0.2, 0.25) is 0 Å². The van der Waals surface area contributed by atoms with Gasteiger partial charge in [-0.25, -0.2) is 0 Å². The Kier molecular flexibility index (Phi) is 5.89. The zero-order chi connectivity index (χ0) is 18.5. The van der Waals surface area contributed by atoms with Crippen LogP contribution in [-0.4, -0.2) is 108 Å². The number of nitrogens with zero attached hydrogens (tertiary/aromatic N) is 4. The molecule has 0 radical (unpaired) electrons. The van der Waals surface area contributed by atoms with Crippen molar-refractivity contribution in [3.05, 3.63) is 24.2 Å². The number of furan rings is 1. The molecule has 3 rings (SSSR count). The SMILES string of the molecule is O=C(C(=O)N1CCN(C(=O)c2ccco2)CC1)N1CCN(CCO)CC1. The normalized spacial score (nSPS) is 18.9. The summed E-state index contributed by atoms with van der Waals surface area (Å²) in [5.74, 6) is -0.916. The van der Waals surface area contributed by atoms with E-state index >= 15 is 0 Å². The molecule has 1 aromatic rings. The smallest absolute Gasteiger partial charge is 0.312 e. The molecule has 2 fully saturated rings. The van der Waals surface area contributed by atoms with Gasteiger partial charge >= 0.3 is 11.8 Å². The number of piperazine rings is 2. The van der Waals surface area contributed by atoms with Crippen molar-refractivity contribution in [2.24, 2.45) is 0 Å². The molecule has 142 valence electrons. The second-order valence-corrected chi connectivity index (χ2v) is 6.42. The number of β-amino-alcohol motifs (C(OH)–C–C–N with tert-alkyl or cyclic N) is 1.